The first-order valence-electron chi connectivity index (χ1n) is 6.04. The van der Waals surface area contributed by atoms with Crippen molar-refractivity contribution in [3.05, 3.63) is 0 Å². The Bertz CT molecular complexity index is 131. The highest BCUT2D eigenvalue weighted by molar-refractivity contribution is 4.93. The highest BCUT2D eigenvalue weighted by atomic mass is 15.0. The Balaban J connectivity index is 0.000000396. The fraction of sp³-hybridized carbons (Fsp3) is 1.00. The summed E-state index contributed by atoms with van der Waals surface area (Å²) in [6.45, 7) is 7.62. The molecule has 1 N–H and O–H groups in total. The van der Waals surface area contributed by atoms with Crippen molar-refractivity contribution in [3.8, 4) is 0 Å². The summed E-state index contributed by atoms with van der Waals surface area (Å²) in [5.74, 6) is 0. The molecule has 2 aliphatic rings. The van der Waals surface area contributed by atoms with E-state index in [0.29, 0.717) is 0 Å². The summed E-state index contributed by atoms with van der Waals surface area (Å²) in [7, 11) is 0. The van der Waals surface area contributed by atoms with Crippen LogP contribution in [-0.2, 0) is 0 Å². The van der Waals surface area contributed by atoms with Gasteiger partial charge in [0.15, 0.2) is 0 Å². The van der Waals surface area contributed by atoms with Crippen molar-refractivity contribution in [2.75, 3.05) is 6.54 Å². The molecule has 1 spiro atoms. The molecule has 1 heterocycles. The molecule has 0 radical (unpaired) electrons. The second-order valence-corrected chi connectivity index (χ2v) is 4.55. The maximum atomic E-state index is 3.58. The van der Waals surface area contributed by atoms with Gasteiger partial charge in [-0.25, -0.2) is 0 Å². The Hall–Kier alpha value is -0.0400. The average Bonchev–Trinajstić information content (AvgIpc) is 2.52. The van der Waals surface area contributed by atoms with Crippen LogP contribution in [0.25, 0.3) is 0 Å². The minimum atomic E-state index is 0.734. The highest BCUT2D eigenvalue weighted by Gasteiger charge is 2.37. The van der Waals surface area contributed by atoms with Crippen LogP contribution in [0.5, 0.6) is 0 Å². The van der Waals surface area contributed by atoms with Crippen LogP contribution < -0.4 is 5.32 Å². The highest BCUT2D eigenvalue weighted by Crippen LogP contribution is 2.42. The summed E-state index contributed by atoms with van der Waals surface area (Å²) in [5.41, 5.74) is 0.734. The second kappa shape index (κ2) is 4.99. The first-order chi connectivity index (χ1) is 6.31. The van der Waals surface area contributed by atoms with Gasteiger partial charge in [-0.1, -0.05) is 33.1 Å². The lowest BCUT2D eigenvalue weighted by atomic mass is 9.73. The number of hydrogen-bond acceptors (Lipinski definition) is 1. The largest absolute Gasteiger partial charge is 0.314 e. The normalized spacial score (nSPS) is 31.2. The first-order valence-corrected chi connectivity index (χ1v) is 6.04. The van der Waals surface area contributed by atoms with Crippen LogP contribution in [0.2, 0.25) is 0 Å². The molecule has 1 heteroatoms. The second-order valence-electron chi connectivity index (χ2n) is 4.55. The van der Waals surface area contributed by atoms with Gasteiger partial charge in [0.05, 0.1) is 0 Å². The molecule has 1 unspecified atom stereocenters. The van der Waals surface area contributed by atoms with E-state index in [1.54, 1.807) is 0 Å². The monoisotopic (exact) mass is 183 g/mol. The summed E-state index contributed by atoms with van der Waals surface area (Å²) in [6.07, 6.45) is 8.86. The molecule has 0 amide bonds. The molecule has 0 aromatic rings. The number of hydrogen-bond donors (Lipinski definition) is 1. The third kappa shape index (κ3) is 2.70. The van der Waals surface area contributed by atoms with E-state index in [9.17, 15) is 0 Å². The van der Waals surface area contributed by atoms with Crippen molar-refractivity contribution < 1.29 is 0 Å². The van der Waals surface area contributed by atoms with Crippen LogP contribution in [0.4, 0.5) is 0 Å². The van der Waals surface area contributed by atoms with Gasteiger partial charge in [0.2, 0.25) is 0 Å². The topological polar surface area (TPSA) is 12.0 Å². The summed E-state index contributed by atoms with van der Waals surface area (Å²) in [5, 5.41) is 3.58. The van der Waals surface area contributed by atoms with Crippen LogP contribution in [0.1, 0.15) is 59.3 Å². The molecule has 0 bridgehead atoms. The maximum Gasteiger partial charge on any atom is 0.00447 e. The van der Waals surface area contributed by atoms with Crippen molar-refractivity contribution in [2.45, 2.75) is 65.3 Å². The van der Waals surface area contributed by atoms with Crippen molar-refractivity contribution in [1.29, 1.82) is 0 Å². The zero-order chi connectivity index (χ0) is 9.73. The SMILES string of the molecule is CC.CC1CC2(CCCCC2)CN1. The van der Waals surface area contributed by atoms with E-state index in [-0.39, 0.29) is 0 Å². The van der Waals surface area contributed by atoms with Gasteiger partial charge < -0.3 is 5.32 Å². The molecule has 1 aliphatic carbocycles. The summed E-state index contributed by atoms with van der Waals surface area (Å²) >= 11 is 0. The van der Waals surface area contributed by atoms with E-state index in [4.69, 9.17) is 0 Å². The van der Waals surface area contributed by atoms with Gasteiger partial charge in [-0.3, -0.25) is 0 Å². The van der Waals surface area contributed by atoms with Gasteiger partial charge in [0.25, 0.3) is 0 Å². The molecule has 1 saturated heterocycles. The molecule has 13 heavy (non-hydrogen) atoms. The van der Waals surface area contributed by atoms with Crippen molar-refractivity contribution in [3.63, 3.8) is 0 Å². The molecule has 1 atom stereocenters. The predicted octanol–water partition coefficient (Wildman–Crippen LogP) is 3.34. The Morgan fingerprint density at radius 1 is 1.08 bits per heavy atom. The maximum absolute atomic E-state index is 3.58. The van der Waals surface area contributed by atoms with Crippen LogP contribution in [0, 0.1) is 5.41 Å². The summed E-state index contributed by atoms with van der Waals surface area (Å²) in [4.78, 5) is 0. The molecule has 1 aliphatic heterocycles. The van der Waals surface area contributed by atoms with Gasteiger partial charge in [0.1, 0.15) is 0 Å². The fourth-order valence-corrected chi connectivity index (χ4v) is 2.87. The van der Waals surface area contributed by atoms with E-state index in [0.717, 1.165) is 11.5 Å². The molecule has 2 fully saturated rings. The molecular formula is C12H25N. The van der Waals surface area contributed by atoms with E-state index >= 15 is 0 Å². The average molecular weight is 183 g/mol. The molecule has 0 aromatic heterocycles. The van der Waals surface area contributed by atoms with Gasteiger partial charge in [-0.2, -0.15) is 0 Å². The smallest absolute Gasteiger partial charge is 0.00447 e. The Morgan fingerprint density at radius 2 is 1.69 bits per heavy atom. The Morgan fingerprint density at radius 3 is 2.15 bits per heavy atom. The minimum Gasteiger partial charge on any atom is -0.314 e. The molecule has 1 saturated carbocycles. The quantitative estimate of drug-likeness (QED) is 0.607. The lowest BCUT2D eigenvalue weighted by Crippen LogP contribution is -2.26. The zero-order valence-corrected chi connectivity index (χ0v) is 9.53. The first kappa shape index (κ1) is 11.0. The molecule has 1 nitrogen and oxygen atoms in total. The fourth-order valence-electron chi connectivity index (χ4n) is 2.87. The van der Waals surface area contributed by atoms with Crippen LogP contribution in [0.15, 0.2) is 0 Å². The van der Waals surface area contributed by atoms with Crippen molar-refractivity contribution in [1.82, 2.24) is 5.32 Å². The van der Waals surface area contributed by atoms with Crippen LogP contribution >= 0.6 is 0 Å². The lowest BCUT2D eigenvalue weighted by molar-refractivity contribution is 0.212. The zero-order valence-electron chi connectivity index (χ0n) is 9.53. The van der Waals surface area contributed by atoms with Crippen LogP contribution in [0.3, 0.4) is 0 Å². The third-order valence-corrected chi connectivity index (χ3v) is 3.48. The standard InChI is InChI=1S/C10H19N.C2H6/c1-9-7-10(8-11-9)5-3-2-4-6-10;1-2/h9,11H,2-8H2,1H3;1-2H3. The third-order valence-electron chi connectivity index (χ3n) is 3.48. The van der Waals surface area contributed by atoms with Crippen molar-refractivity contribution in [2.24, 2.45) is 5.41 Å². The molecular weight excluding hydrogens is 158 g/mol. The van der Waals surface area contributed by atoms with Gasteiger partial charge in [-0.15, -0.1) is 0 Å². The predicted molar refractivity (Wildman–Crippen MR) is 58.9 cm³/mol. The molecule has 2 rings (SSSR count). The van der Waals surface area contributed by atoms with Crippen molar-refractivity contribution >= 4 is 0 Å². The Labute approximate surface area is 83.3 Å². The van der Waals surface area contributed by atoms with E-state index in [1.807, 2.05) is 13.8 Å². The van der Waals surface area contributed by atoms with E-state index < -0.39 is 0 Å². The van der Waals surface area contributed by atoms with E-state index in [1.165, 1.54) is 45.1 Å². The molecule has 0 aromatic carbocycles. The van der Waals surface area contributed by atoms with E-state index in [2.05, 4.69) is 12.2 Å². The van der Waals surface area contributed by atoms with Crippen LogP contribution in [-0.4, -0.2) is 12.6 Å². The summed E-state index contributed by atoms with van der Waals surface area (Å²) < 4.78 is 0. The number of nitrogens with one attached hydrogen (secondary N) is 1. The van der Waals surface area contributed by atoms with Gasteiger partial charge >= 0.3 is 0 Å². The van der Waals surface area contributed by atoms with Gasteiger partial charge in [0, 0.05) is 12.6 Å². The Kier molecular flexibility index (Phi) is 4.24. The molecule has 78 valence electrons. The van der Waals surface area contributed by atoms with Gasteiger partial charge in [-0.05, 0) is 31.6 Å². The number of rotatable bonds is 0. The summed E-state index contributed by atoms with van der Waals surface area (Å²) in [6, 6.07) is 0.785. The lowest BCUT2D eigenvalue weighted by Gasteiger charge is -2.32. The minimum absolute atomic E-state index is 0.734.